The van der Waals surface area contributed by atoms with E-state index in [1.165, 1.54) is 17.7 Å². The van der Waals surface area contributed by atoms with Gasteiger partial charge in [-0.2, -0.15) is 0 Å². The third-order valence-electron chi connectivity index (χ3n) is 5.34. The van der Waals surface area contributed by atoms with Gasteiger partial charge in [0.2, 0.25) is 0 Å². The van der Waals surface area contributed by atoms with Gasteiger partial charge in [0.25, 0.3) is 0 Å². The Labute approximate surface area is 181 Å². The third kappa shape index (κ3) is 4.74. The summed E-state index contributed by atoms with van der Waals surface area (Å²) >= 11 is 0. The van der Waals surface area contributed by atoms with Gasteiger partial charge in [-0.3, -0.25) is 4.99 Å². The molecule has 1 saturated carbocycles. The number of hydrogen-bond acceptors (Lipinski definition) is 2. The van der Waals surface area contributed by atoms with E-state index in [2.05, 4.69) is 39.9 Å². The van der Waals surface area contributed by atoms with Gasteiger partial charge in [0.15, 0.2) is 5.96 Å². The molecule has 3 atom stereocenters. The molecule has 2 aromatic rings. The molecule has 0 amide bonds. The SMILES string of the molecule is CN=C(NC1CCN(c2ccc(F)cc2F)C1)NC1CC1c1ccccc1.I. The lowest BCUT2D eigenvalue weighted by molar-refractivity contribution is 0.580. The van der Waals surface area contributed by atoms with Crippen LogP contribution in [0.3, 0.4) is 0 Å². The molecule has 0 aromatic heterocycles. The number of anilines is 1. The van der Waals surface area contributed by atoms with Crippen molar-refractivity contribution < 1.29 is 8.78 Å². The molecule has 1 saturated heterocycles. The molecule has 1 aliphatic carbocycles. The lowest BCUT2D eigenvalue weighted by Gasteiger charge is -2.21. The van der Waals surface area contributed by atoms with Gasteiger partial charge in [0.1, 0.15) is 11.6 Å². The van der Waals surface area contributed by atoms with Crippen molar-refractivity contribution in [3.8, 4) is 0 Å². The molecule has 7 heteroatoms. The first-order valence-electron chi connectivity index (χ1n) is 9.39. The van der Waals surface area contributed by atoms with Crippen molar-refractivity contribution in [2.75, 3.05) is 25.0 Å². The lowest BCUT2D eigenvalue weighted by atomic mass is 10.1. The van der Waals surface area contributed by atoms with E-state index in [1.807, 2.05) is 11.0 Å². The second-order valence-electron chi connectivity index (χ2n) is 7.25. The second-order valence-corrected chi connectivity index (χ2v) is 7.25. The number of nitrogens with zero attached hydrogens (tertiary/aromatic N) is 2. The standard InChI is InChI=1S/C21H24F2N4.HI/c1-24-21(26-19-12-17(19)14-5-3-2-4-6-14)25-16-9-10-27(13-16)20-8-7-15(22)11-18(20)23;/h2-8,11,16-17,19H,9-10,12-13H2,1H3,(H2,24,25,26);1H. The number of guanidine groups is 1. The highest BCUT2D eigenvalue weighted by atomic mass is 127. The Kier molecular flexibility index (Phi) is 6.74. The molecule has 0 spiro atoms. The Morgan fingerprint density at radius 3 is 2.61 bits per heavy atom. The van der Waals surface area contributed by atoms with Crippen LogP contribution in [-0.2, 0) is 0 Å². The van der Waals surface area contributed by atoms with Gasteiger partial charge in [-0.15, -0.1) is 24.0 Å². The Hall–Kier alpha value is -1.90. The van der Waals surface area contributed by atoms with Crippen LogP contribution in [0, 0.1) is 11.6 Å². The summed E-state index contributed by atoms with van der Waals surface area (Å²) in [4.78, 5) is 6.29. The van der Waals surface area contributed by atoms with Crippen molar-refractivity contribution in [3.05, 3.63) is 65.7 Å². The minimum atomic E-state index is -0.549. The Morgan fingerprint density at radius 1 is 1.11 bits per heavy atom. The molecule has 1 aliphatic heterocycles. The van der Waals surface area contributed by atoms with Crippen LogP contribution in [0.2, 0.25) is 0 Å². The van der Waals surface area contributed by atoms with Crippen LogP contribution < -0.4 is 15.5 Å². The maximum absolute atomic E-state index is 14.0. The van der Waals surface area contributed by atoms with E-state index in [9.17, 15) is 8.78 Å². The number of halogens is 3. The van der Waals surface area contributed by atoms with E-state index in [0.717, 1.165) is 31.4 Å². The Bertz CT molecular complexity index is 830. The van der Waals surface area contributed by atoms with Gasteiger partial charge in [0.05, 0.1) is 5.69 Å². The summed E-state index contributed by atoms with van der Waals surface area (Å²) in [5, 5.41) is 6.93. The summed E-state index contributed by atoms with van der Waals surface area (Å²) in [6.07, 6.45) is 1.98. The van der Waals surface area contributed by atoms with Gasteiger partial charge in [-0.25, -0.2) is 8.78 Å². The molecule has 4 rings (SSSR count). The number of hydrogen-bond donors (Lipinski definition) is 2. The molecular formula is C21H25F2IN4. The van der Waals surface area contributed by atoms with E-state index in [1.54, 1.807) is 7.05 Å². The minimum absolute atomic E-state index is 0. The summed E-state index contributed by atoms with van der Waals surface area (Å²) in [6.45, 7) is 1.39. The normalized spacial score (nSPS) is 23.9. The molecule has 0 radical (unpaired) electrons. The lowest BCUT2D eigenvalue weighted by Crippen LogP contribution is -2.45. The monoisotopic (exact) mass is 498 g/mol. The van der Waals surface area contributed by atoms with Crippen LogP contribution in [0.1, 0.15) is 24.3 Å². The summed E-state index contributed by atoms with van der Waals surface area (Å²) in [5.74, 6) is 0.247. The molecule has 0 bridgehead atoms. The van der Waals surface area contributed by atoms with Crippen molar-refractivity contribution in [2.45, 2.75) is 30.8 Å². The molecule has 2 aliphatic rings. The molecular weight excluding hydrogens is 473 g/mol. The molecule has 28 heavy (non-hydrogen) atoms. The number of nitrogens with one attached hydrogen (secondary N) is 2. The zero-order chi connectivity index (χ0) is 18.8. The van der Waals surface area contributed by atoms with E-state index in [4.69, 9.17) is 0 Å². The maximum Gasteiger partial charge on any atom is 0.191 e. The number of rotatable bonds is 4. The highest BCUT2D eigenvalue weighted by Crippen LogP contribution is 2.40. The summed E-state index contributed by atoms with van der Waals surface area (Å²) < 4.78 is 27.1. The summed E-state index contributed by atoms with van der Waals surface area (Å²) in [6, 6.07) is 14.8. The van der Waals surface area contributed by atoms with Gasteiger partial charge >= 0.3 is 0 Å². The molecule has 3 unspecified atom stereocenters. The molecule has 1 heterocycles. The molecule has 2 aromatic carbocycles. The van der Waals surface area contributed by atoms with Gasteiger partial charge < -0.3 is 15.5 Å². The van der Waals surface area contributed by atoms with E-state index in [-0.39, 0.29) is 30.0 Å². The van der Waals surface area contributed by atoms with Crippen molar-refractivity contribution in [1.82, 2.24) is 10.6 Å². The minimum Gasteiger partial charge on any atom is -0.367 e. The maximum atomic E-state index is 14.0. The first-order valence-corrected chi connectivity index (χ1v) is 9.39. The van der Waals surface area contributed by atoms with Crippen LogP contribution in [-0.4, -0.2) is 38.2 Å². The predicted octanol–water partition coefficient (Wildman–Crippen LogP) is 3.88. The van der Waals surface area contributed by atoms with Crippen molar-refractivity contribution in [2.24, 2.45) is 4.99 Å². The highest BCUT2D eigenvalue weighted by molar-refractivity contribution is 14.0. The average molecular weight is 498 g/mol. The quantitative estimate of drug-likeness (QED) is 0.382. The first-order chi connectivity index (χ1) is 13.1. The fourth-order valence-electron chi connectivity index (χ4n) is 3.80. The smallest absolute Gasteiger partial charge is 0.191 e. The number of aliphatic imine (C=N–C) groups is 1. The van der Waals surface area contributed by atoms with Crippen LogP contribution in [0.4, 0.5) is 14.5 Å². The van der Waals surface area contributed by atoms with Crippen LogP contribution in [0.15, 0.2) is 53.5 Å². The molecule has 2 N–H and O–H groups in total. The Morgan fingerprint density at radius 2 is 1.89 bits per heavy atom. The second kappa shape index (κ2) is 9.07. The first kappa shape index (κ1) is 20.8. The average Bonchev–Trinajstić information content (AvgIpc) is 3.29. The summed E-state index contributed by atoms with van der Waals surface area (Å²) in [5.41, 5.74) is 1.80. The van der Waals surface area contributed by atoms with E-state index in [0.29, 0.717) is 24.2 Å². The van der Waals surface area contributed by atoms with Crippen LogP contribution in [0.5, 0.6) is 0 Å². The molecule has 2 fully saturated rings. The van der Waals surface area contributed by atoms with Crippen LogP contribution >= 0.6 is 24.0 Å². The summed E-state index contributed by atoms with van der Waals surface area (Å²) in [7, 11) is 1.77. The highest BCUT2D eigenvalue weighted by Gasteiger charge is 2.39. The fraction of sp³-hybridized carbons (Fsp3) is 0.381. The predicted molar refractivity (Wildman–Crippen MR) is 120 cm³/mol. The van der Waals surface area contributed by atoms with Crippen LogP contribution in [0.25, 0.3) is 0 Å². The molecule has 4 nitrogen and oxygen atoms in total. The Balaban J connectivity index is 0.00000225. The van der Waals surface area contributed by atoms with E-state index >= 15 is 0 Å². The third-order valence-corrected chi connectivity index (χ3v) is 5.34. The van der Waals surface area contributed by atoms with Crippen molar-refractivity contribution in [1.29, 1.82) is 0 Å². The van der Waals surface area contributed by atoms with Crippen molar-refractivity contribution >= 4 is 35.6 Å². The van der Waals surface area contributed by atoms with Gasteiger partial charge in [-0.05, 0) is 30.5 Å². The molecule has 150 valence electrons. The van der Waals surface area contributed by atoms with Gasteiger partial charge in [0, 0.05) is 44.2 Å². The zero-order valence-corrected chi connectivity index (χ0v) is 18.1. The topological polar surface area (TPSA) is 39.7 Å². The van der Waals surface area contributed by atoms with Crippen molar-refractivity contribution in [3.63, 3.8) is 0 Å². The number of benzene rings is 2. The largest absolute Gasteiger partial charge is 0.367 e. The zero-order valence-electron chi connectivity index (χ0n) is 15.7. The van der Waals surface area contributed by atoms with Gasteiger partial charge in [-0.1, -0.05) is 30.3 Å². The van der Waals surface area contributed by atoms with E-state index < -0.39 is 11.6 Å². The fourth-order valence-corrected chi connectivity index (χ4v) is 3.80.